The van der Waals surface area contributed by atoms with E-state index >= 15 is 0 Å². The van der Waals surface area contributed by atoms with Crippen LogP contribution < -0.4 is 10.2 Å². The van der Waals surface area contributed by atoms with E-state index in [1.807, 2.05) is 26.0 Å². The Labute approximate surface area is 135 Å². The number of aromatic nitrogens is 2. The van der Waals surface area contributed by atoms with Gasteiger partial charge in [-0.1, -0.05) is 54.3 Å². The van der Waals surface area contributed by atoms with Crippen molar-refractivity contribution in [1.29, 1.82) is 0 Å². The molecule has 1 aromatic heterocycles. The van der Waals surface area contributed by atoms with Crippen LogP contribution in [0.2, 0.25) is 0 Å². The SMILES string of the molecule is CCc1ccc(C(CSc2nnc(N(C)C)s2)NC)cc1. The molecule has 0 radical (unpaired) electrons. The molecule has 1 aromatic carbocycles. The summed E-state index contributed by atoms with van der Waals surface area (Å²) in [5, 5.41) is 12.7. The van der Waals surface area contributed by atoms with Gasteiger partial charge in [-0.25, -0.2) is 0 Å². The van der Waals surface area contributed by atoms with Gasteiger partial charge < -0.3 is 10.2 Å². The zero-order chi connectivity index (χ0) is 15.2. The second kappa shape index (κ2) is 7.77. The third-order valence-corrected chi connectivity index (χ3v) is 5.61. The lowest BCUT2D eigenvalue weighted by atomic mass is 10.1. The van der Waals surface area contributed by atoms with E-state index in [2.05, 4.69) is 46.7 Å². The van der Waals surface area contributed by atoms with Crippen molar-refractivity contribution in [2.75, 3.05) is 31.8 Å². The molecule has 6 heteroatoms. The average molecular weight is 323 g/mol. The molecule has 0 fully saturated rings. The minimum atomic E-state index is 0.326. The predicted molar refractivity (Wildman–Crippen MR) is 92.6 cm³/mol. The Kier molecular flexibility index (Phi) is 6.02. The van der Waals surface area contributed by atoms with E-state index in [4.69, 9.17) is 0 Å². The fraction of sp³-hybridized carbons (Fsp3) is 0.467. The lowest BCUT2D eigenvalue weighted by Crippen LogP contribution is -2.18. The maximum Gasteiger partial charge on any atom is 0.208 e. The van der Waals surface area contributed by atoms with Crippen molar-refractivity contribution in [2.45, 2.75) is 23.7 Å². The summed E-state index contributed by atoms with van der Waals surface area (Å²) in [6, 6.07) is 9.17. The normalized spacial score (nSPS) is 12.4. The summed E-state index contributed by atoms with van der Waals surface area (Å²) >= 11 is 3.39. The van der Waals surface area contributed by atoms with Crippen LogP contribution in [0.4, 0.5) is 5.13 Å². The van der Waals surface area contributed by atoms with Crippen LogP contribution in [0.25, 0.3) is 0 Å². The number of anilines is 1. The van der Waals surface area contributed by atoms with E-state index in [0.717, 1.165) is 21.6 Å². The summed E-state index contributed by atoms with van der Waals surface area (Å²) in [5.74, 6) is 0.948. The van der Waals surface area contributed by atoms with E-state index in [-0.39, 0.29) is 0 Å². The first-order valence-corrected chi connectivity index (χ1v) is 8.84. The quantitative estimate of drug-likeness (QED) is 0.793. The van der Waals surface area contributed by atoms with Crippen LogP contribution in [-0.2, 0) is 6.42 Å². The third kappa shape index (κ3) is 4.43. The highest BCUT2D eigenvalue weighted by Gasteiger charge is 2.12. The number of nitrogens with one attached hydrogen (secondary N) is 1. The largest absolute Gasteiger partial charge is 0.353 e. The molecule has 0 aliphatic rings. The van der Waals surface area contributed by atoms with E-state index in [9.17, 15) is 0 Å². The molecule has 0 aliphatic heterocycles. The van der Waals surface area contributed by atoms with Gasteiger partial charge in [0.2, 0.25) is 5.13 Å². The molecule has 0 bridgehead atoms. The first-order chi connectivity index (χ1) is 10.1. The second-order valence-corrected chi connectivity index (χ2v) is 7.22. The Morgan fingerprint density at radius 1 is 1.24 bits per heavy atom. The number of rotatable bonds is 7. The Morgan fingerprint density at radius 3 is 2.48 bits per heavy atom. The van der Waals surface area contributed by atoms with E-state index in [1.54, 1.807) is 23.1 Å². The molecule has 1 heterocycles. The van der Waals surface area contributed by atoms with E-state index in [0.29, 0.717) is 6.04 Å². The monoisotopic (exact) mass is 322 g/mol. The maximum atomic E-state index is 4.23. The molecule has 114 valence electrons. The minimum absolute atomic E-state index is 0.326. The topological polar surface area (TPSA) is 41.1 Å². The molecule has 0 spiro atoms. The molecule has 0 saturated carbocycles. The van der Waals surface area contributed by atoms with Crippen LogP contribution >= 0.6 is 23.1 Å². The molecular formula is C15H22N4S2. The van der Waals surface area contributed by atoms with Crippen LogP contribution in [0.15, 0.2) is 28.6 Å². The Morgan fingerprint density at radius 2 is 1.95 bits per heavy atom. The van der Waals surface area contributed by atoms with Gasteiger partial charge in [0.05, 0.1) is 0 Å². The fourth-order valence-corrected chi connectivity index (χ4v) is 3.86. The number of aryl methyl sites for hydroxylation is 1. The molecule has 0 aliphatic carbocycles. The standard InChI is InChI=1S/C15H22N4S2/c1-5-11-6-8-12(9-7-11)13(16-2)10-20-15-18-17-14(21-15)19(3)4/h6-9,13,16H,5,10H2,1-4H3. The van der Waals surface area contributed by atoms with Crippen molar-refractivity contribution in [2.24, 2.45) is 0 Å². The molecule has 2 aromatic rings. The highest BCUT2D eigenvalue weighted by atomic mass is 32.2. The van der Waals surface area contributed by atoms with Gasteiger partial charge in [-0.15, -0.1) is 10.2 Å². The van der Waals surface area contributed by atoms with Crippen LogP contribution in [-0.4, -0.2) is 37.1 Å². The van der Waals surface area contributed by atoms with Crippen LogP contribution in [0, 0.1) is 0 Å². The highest BCUT2D eigenvalue weighted by Crippen LogP contribution is 2.30. The minimum Gasteiger partial charge on any atom is -0.353 e. The van der Waals surface area contributed by atoms with Crippen molar-refractivity contribution < 1.29 is 0 Å². The van der Waals surface area contributed by atoms with Crippen molar-refractivity contribution in [3.8, 4) is 0 Å². The first kappa shape index (κ1) is 16.3. The van der Waals surface area contributed by atoms with Gasteiger partial charge in [0, 0.05) is 25.9 Å². The summed E-state index contributed by atoms with van der Waals surface area (Å²) < 4.78 is 1.02. The van der Waals surface area contributed by atoms with Gasteiger partial charge in [0.15, 0.2) is 4.34 Å². The zero-order valence-corrected chi connectivity index (χ0v) is 14.6. The lowest BCUT2D eigenvalue weighted by molar-refractivity contribution is 0.661. The first-order valence-electron chi connectivity index (χ1n) is 7.03. The molecule has 1 unspecified atom stereocenters. The van der Waals surface area contributed by atoms with E-state index in [1.165, 1.54) is 11.1 Å². The number of nitrogens with zero attached hydrogens (tertiary/aromatic N) is 3. The lowest BCUT2D eigenvalue weighted by Gasteiger charge is -2.15. The van der Waals surface area contributed by atoms with Crippen molar-refractivity contribution in [1.82, 2.24) is 15.5 Å². The Bertz CT molecular complexity index is 551. The fourth-order valence-electron chi connectivity index (χ4n) is 1.93. The molecule has 1 N–H and O–H groups in total. The smallest absolute Gasteiger partial charge is 0.208 e. The Hall–Kier alpha value is -1.11. The number of hydrogen-bond acceptors (Lipinski definition) is 6. The molecule has 21 heavy (non-hydrogen) atoms. The van der Waals surface area contributed by atoms with Crippen LogP contribution in [0.3, 0.4) is 0 Å². The van der Waals surface area contributed by atoms with Crippen molar-refractivity contribution in [3.05, 3.63) is 35.4 Å². The molecule has 2 rings (SSSR count). The number of hydrogen-bond donors (Lipinski definition) is 1. The summed E-state index contributed by atoms with van der Waals surface area (Å²) in [4.78, 5) is 1.99. The van der Waals surface area contributed by atoms with Crippen molar-refractivity contribution in [3.63, 3.8) is 0 Å². The molecule has 4 nitrogen and oxygen atoms in total. The molecule has 0 amide bonds. The van der Waals surface area contributed by atoms with Gasteiger partial charge in [-0.3, -0.25) is 0 Å². The van der Waals surface area contributed by atoms with Gasteiger partial charge in [0.1, 0.15) is 0 Å². The van der Waals surface area contributed by atoms with Crippen LogP contribution in [0.1, 0.15) is 24.1 Å². The van der Waals surface area contributed by atoms with Gasteiger partial charge >= 0.3 is 0 Å². The van der Waals surface area contributed by atoms with Crippen molar-refractivity contribution >= 4 is 28.2 Å². The molecular weight excluding hydrogens is 300 g/mol. The summed E-state index contributed by atoms with van der Waals surface area (Å²) in [5.41, 5.74) is 2.69. The number of benzene rings is 1. The second-order valence-electron chi connectivity index (χ2n) is 4.99. The molecule has 0 saturated heterocycles. The van der Waals surface area contributed by atoms with Gasteiger partial charge in [0.25, 0.3) is 0 Å². The van der Waals surface area contributed by atoms with Gasteiger partial charge in [-0.2, -0.15) is 0 Å². The Balaban J connectivity index is 1.97. The summed E-state index contributed by atoms with van der Waals surface area (Å²) in [6.07, 6.45) is 1.08. The van der Waals surface area contributed by atoms with Gasteiger partial charge in [-0.05, 0) is 24.6 Å². The molecule has 1 atom stereocenters. The van der Waals surface area contributed by atoms with Crippen LogP contribution in [0.5, 0.6) is 0 Å². The summed E-state index contributed by atoms with van der Waals surface area (Å²) in [6.45, 7) is 2.18. The maximum absolute atomic E-state index is 4.23. The predicted octanol–water partition coefficient (Wildman–Crippen LogP) is 3.22. The average Bonchev–Trinajstić information content (AvgIpc) is 2.98. The number of thioether (sulfide) groups is 1. The summed E-state index contributed by atoms with van der Waals surface area (Å²) in [7, 11) is 5.98. The highest BCUT2D eigenvalue weighted by molar-refractivity contribution is 8.01. The zero-order valence-electron chi connectivity index (χ0n) is 13.0. The third-order valence-electron chi connectivity index (χ3n) is 3.29. The van der Waals surface area contributed by atoms with E-state index < -0.39 is 0 Å².